The largest absolute Gasteiger partial charge is 0.354 e. The summed E-state index contributed by atoms with van der Waals surface area (Å²) in [5.41, 5.74) is 2.74. The molecule has 2 aromatic carbocycles. The van der Waals surface area contributed by atoms with Crippen molar-refractivity contribution >= 4 is 16.7 Å². The molecule has 0 atom stereocenters. The Labute approximate surface area is 199 Å². The van der Waals surface area contributed by atoms with Crippen LogP contribution in [0.4, 0.5) is 0 Å². The number of carbonyl (C=O) groups is 1. The molecule has 7 nitrogen and oxygen atoms in total. The molecule has 0 unspecified atom stereocenters. The number of carbonyl (C=O) groups excluding carboxylic acids is 1. The third kappa shape index (κ3) is 6.14. The van der Waals surface area contributed by atoms with Crippen LogP contribution in [0.15, 0.2) is 83.9 Å². The third-order valence-electron chi connectivity index (χ3n) is 5.67. The quantitative estimate of drug-likeness (QED) is 0.372. The number of nitrogens with one attached hydrogen (secondary N) is 1. The highest BCUT2D eigenvalue weighted by Crippen LogP contribution is 2.16. The van der Waals surface area contributed by atoms with Crippen molar-refractivity contribution in [2.45, 2.75) is 25.9 Å². The molecule has 7 heteroatoms. The summed E-state index contributed by atoms with van der Waals surface area (Å²) in [6, 6.07) is 21.5. The molecular weight excluding hydrogens is 426 g/mol. The minimum Gasteiger partial charge on any atom is -0.354 e. The number of rotatable bonds is 10. The zero-order valence-electron chi connectivity index (χ0n) is 19.4. The van der Waals surface area contributed by atoms with Gasteiger partial charge in [-0.3, -0.25) is 14.6 Å². The molecule has 34 heavy (non-hydrogen) atoms. The van der Waals surface area contributed by atoms with Crippen molar-refractivity contribution in [3.8, 4) is 0 Å². The van der Waals surface area contributed by atoms with Gasteiger partial charge in [-0.15, -0.1) is 0 Å². The van der Waals surface area contributed by atoms with E-state index < -0.39 is 0 Å². The van der Waals surface area contributed by atoms with Gasteiger partial charge >= 0.3 is 0 Å². The van der Waals surface area contributed by atoms with Crippen LogP contribution >= 0.6 is 0 Å². The van der Waals surface area contributed by atoms with E-state index in [4.69, 9.17) is 0 Å². The van der Waals surface area contributed by atoms with Crippen LogP contribution in [-0.2, 0) is 24.3 Å². The molecule has 174 valence electrons. The predicted octanol–water partition coefficient (Wildman–Crippen LogP) is 3.02. The van der Waals surface area contributed by atoms with Crippen LogP contribution in [0.5, 0.6) is 0 Å². The number of hydrogen-bond acceptors (Lipinski definition) is 5. The van der Waals surface area contributed by atoms with Crippen molar-refractivity contribution in [3.05, 3.63) is 106 Å². The molecule has 0 saturated heterocycles. The Morgan fingerprint density at radius 2 is 1.71 bits per heavy atom. The Balaban J connectivity index is 1.37. The monoisotopic (exact) mass is 455 g/mol. The molecule has 4 aromatic rings. The zero-order chi connectivity index (χ0) is 23.8. The number of amides is 1. The van der Waals surface area contributed by atoms with Crippen LogP contribution in [0.2, 0.25) is 0 Å². The highest BCUT2D eigenvalue weighted by molar-refractivity contribution is 5.84. The van der Waals surface area contributed by atoms with Crippen molar-refractivity contribution in [3.63, 3.8) is 0 Å². The third-order valence-corrected chi connectivity index (χ3v) is 5.67. The lowest BCUT2D eigenvalue weighted by Gasteiger charge is -2.17. The summed E-state index contributed by atoms with van der Waals surface area (Å²) in [6.45, 7) is 2.16. The fraction of sp³-hybridized carbons (Fsp3) is 0.259. The number of pyridine rings is 1. The van der Waals surface area contributed by atoms with Gasteiger partial charge in [-0.1, -0.05) is 54.6 Å². The van der Waals surface area contributed by atoms with E-state index in [1.165, 1.54) is 10.2 Å². The lowest BCUT2D eigenvalue weighted by molar-refractivity contribution is -0.121. The van der Waals surface area contributed by atoms with Gasteiger partial charge in [-0.25, -0.2) is 4.68 Å². The standard InChI is InChI=1S/C27H29N5O2/c1-31(19-21-9-3-2-4-10-21)16-8-15-29-26(33)20-32-27(34)24-13-6-5-12-23(24)25(30-32)17-22-11-7-14-28-18-22/h2-7,9-14,18H,8,15-17,19-20H2,1H3,(H,29,33). The molecule has 0 aliphatic carbocycles. The summed E-state index contributed by atoms with van der Waals surface area (Å²) in [6.07, 6.45) is 4.86. The van der Waals surface area contributed by atoms with Gasteiger partial charge in [-0.05, 0) is 43.3 Å². The average molecular weight is 456 g/mol. The predicted molar refractivity (Wildman–Crippen MR) is 133 cm³/mol. The van der Waals surface area contributed by atoms with E-state index >= 15 is 0 Å². The minimum absolute atomic E-state index is 0.108. The van der Waals surface area contributed by atoms with Gasteiger partial charge < -0.3 is 10.2 Å². The molecule has 1 N–H and O–H groups in total. The van der Waals surface area contributed by atoms with Crippen molar-refractivity contribution in [1.82, 2.24) is 25.0 Å². The van der Waals surface area contributed by atoms with Gasteiger partial charge in [0, 0.05) is 37.3 Å². The van der Waals surface area contributed by atoms with E-state index in [2.05, 4.69) is 39.5 Å². The van der Waals surface area contributed by atoms with Crippen LogP contribution in [0.3, 0.4) is 0 Å². The Hall–Kier alpha value is -3.84. The number of fused-ring (bicyclic) bond motifs is 1. The Bertz CT molecular complexity index is 1290. The Morgan fingerprint density at radius 3 is 2.47 bits per heavy atom. The number of hydrogen-bond donors (Lipinski definition) is 1. The van der Waals surface area contributed by atoms with Crippen molar-refractivity contribution in [2.24, 2.45) is 0 Å². The van der Waals surface area contributed by atoms with Gasteiger partial charge in [0.2, 0.25) is 5.91 Å². The average Bonchev–Trinajstić information content (AvgIpc) is 2.86. The first kappa shape index (κ1) is 23.3. The molecule has 0 bridgehead atoms. The summed E-state index contributed by atoms with van der Waals surface area (Å²) in [5.74, 6) is -0.220. The summed E-state index contributed by atoms with van der Waals surface area (Å²) < 4.78 is 1.27. The molecule has 1 amide bonds. The molecule has 0 aliphatic rings. The first-order valence-corrected chi connectivity index (χ1v) is 11.5. The van der Waals surface area contributed by atoms with Gasteiger partial charge in [0.15, 0.2) is 0 Å². The summed E-state index contributed by atoms with van der Waals surface area (Å²) >= 11 is 0. The molecule has 0 fully saturated rings. The first-order chi connectivity index (χ1) is 16.6. The maximum absolute atomic E-state index is 13.0. The van der Waals surface area contributed by atoms with Crippen LogP contribution in [0.25, 0.3) is 10.8 Å². The number of benzene rings is 2. The molecule has 0 aliphatic heterocycles. The number of aromatic nitrogens is 3. The zero-order valence-corrected chi connectivity index (χ0v) is 19.4. The lowest BCUT2D eigenvalue weighted by atomic mass is 10.1. The van der Waals surface area contributed by atoms with Crippen LogP contribution in [-0.4, -0.2) is 45.7 Å². The van der Waals surface area contributed by atoms with Crippen molar-refractivity contribution in [2.75, 3.05) is 20.1 Å². The van der Waals surface area contributed by atoms with Crippen molar-refractivity contribution in [1.29, 1.82) is 0 Å². The maximum atomic E-state index is 13.0. The second kappa shape index (κ2) is 11.3. The molecule has 2 aromatic heterocycles. The van der Waals surface area contributed by atoms with Gasteiger partial charge in [0.05, 0.1) is 11.1 Å². The molecular formula is C27H29N5O2. The fourth-order valence-electron chi connectivity index (χ4n) is 3.98. The van der Waals surface area contributed by atoms with Gasteiger partial charge in [0.1, 0.15) is 6.54 Å². The first-order valence-electron chi connectivity index (χ1n) is 11.5. The normalized spacial score (nSPS) is 11.1. The molecule has 0 radical (unpaired) electrons. The van der Waals surface area contributed by atoms with Crippen molar-refractivity contribution < 1.29 is 4.79 Å². The molecule has 4 rings (SSSR count). The van der Waals surface area contributed by atoms with E-state index in [1.807, 2.05) is 48.5 Å². The van der Waals surface area contributed by atoms with E-state index in [0.29, 0.717) is 18.4 Å². The van der Waals surface area contributed by atoms with Crippen LogP contribution < -0.4 is 10.9 Å². The minimum atomic E-state index is -0.261. The van der Waals surface area contributed by atoms with Crippen LogP contribution in [0, 0.1) is 0 Å². The maximum Gasteiger partial charge on any atom is 0.275 e. The molecule has 2 heterocycles. The smallest absolute Gasteiger partial charge is 0.275 e. The van der Waals surface area contributed by atoms with Gasteiger partial charge in [-0.2, -0.15) is 5.10 Å². The summed E-state index contributed by atoms with van der Waals surface area (Å²) in [7, 11) is 2.07. The topological polar surface area (TPSA) is 80.1 Å². The van der Waals surface area contributed by atoms with E-state index in [-0.39, 0.29) is 18.0 Å². The second-order valence-corrected chi connectivity index (χ2v) is 8.42. The van der Waals surface area contributed by atoms with E-state index in [9.17, 15) is 9.59 Å². The lowest BCUT2D eigenvalue weighted by Crippen LogP contribution is -2.35. The van der Waals surface area contributed by atoms with Crippen LogP contribution in [0.1, 0.15) is 23.2 Å². The summed E-state index contributed by atoms with van der Waals surface area (Å²) in [5, 5.41) is 8.83. The second-order valence-electron chi connectivity index (χ2n) is 8.42. The summed E-state index contributed by atoms with van der Waals surface area (Å²) in [4.78, 5) is 31.9. The highest BCUT2D eigenvalue weighted by Gasteiger charge is 2.13. The SMILES string of the molecule is CN(CCCNC(=O)Cn1nc(Cc2cccnc2)c2ccccc2c1=O)Cc1ccccc1. The Kier molecular flexibility index (Phi) is 7.78. The van der Waals surface area contributed by atoms with E-state index in [1.54, 1.807) is 18.5 Å². The molecule has 0 spiro atoms. The fourth-order valence-corrected chi connectivity index (χ4v) is 3.98. The van der Waals surface area contributed by atoms with Gasteiger partial charge in [0.25, 0.3) is 5.56 Å². The van der Waals surface area contributed by atoms with E-state index in [0.717, 1.165) is 36.2 Å². The molecule has 0 saturated carbocycles. The number of nitrogens with zero attached hydrogens (tertiary/aromatic N) is 4. The highest BCUT2D eigenvalue weighted by atomic mass is 16.2. The Morgan fingerprint density at radius 1 is 0.971 bits per heavy atom.